The molecule has 39 heavy (non-hydrogen) atoms. The first-order valence-electron chi connectivity index (χ1n) is 14.1. The summed E-state index contributed by atoms with van der Waals surface area (Å²) in [6.07, 6.45) is 4.22. The van der Waals surface area contributed by atoms with Crippen LogP contribution in [0.5, 0.6) is 0 Å². The maximum absolute atomic E-state index is 13.1. The first-order valence-corrected chi connectivity index (χ1v) is 14.1. The summed E-state index contributed by atoms with van der Waals surface area (Å²) in [5.41, 5.74) is 3.33. The summed E-state index contributed by atoms with van der Waals surface area (Å²) in [4.78, 5) is 25.0. The van der Waals surface area contributed by atoms with Gasteiger partial charge in [0.2, 0.25) is 5.91 Å². The first-order chi connectivity index (χ1) is 18.5. The number of carbonyl (C=O) groups excluding carboxylic acids is 2. The number of aliphatic hydroxyl groups is 1. The largest absolute Gasteiger partial charge is 0.515 e. The van der Waals surface area contributed by atoms with Crippen LogP contribution in [0.1, 0.15) is 70.1 Å². The molecule has 1 amide bonds. The van der Waals surface area contributed by atoms with E-state index in [0.29, 0.717) is 45.2 Å². The monoisotopic (exact) mass is 547 g/mol. The molecule has 8 nitrogen and oxygen atoms in total. The molecule has 0 spiro atoms. The fourth-order valence-electron chi connectivity index (χ4n) is 4.47. The lowest BCUT2D eigenvalue weighted by Gasteiger charge is -2.28. The molecule has 1 aliphatic carbocycles. The van der Waals surface area contributed by atoms with E-state index in [1.165, 1.54) is 0 Å². The van der Waals surface area contributed by atoms with E-state index in [1.807, 2.05) is 39.0 Å². The Morgan fingerprint density at radius 3 is 2.13 bits per heavy atom. The van der Waals surface area contributed by atoms with Crippen LogP contribution in [0.25, 0.3) is 5.57 Å². The van der Waals surface area contributed by atoms with E-state index >= 15 is 0 Å². The highest BCUT2D eigenvalue weighted by Gasteiger charge is 2.29. The third-order valence-corrected chi connectivity index (χ3v) is 7.35. The van der Waals surface area contributed by atoms with Crippen molar-refractivity contribution in [2.24, 2.45) is 11.3 Å². The molecule has 0 saturated heterocycles. The van der Waals surface area contributed by atoms with Gasteiger partial charge >= 0.3 is 0 Å². The van der Waals surface area contributed by atoms with Crippen molar-refractivity contribution in [3.8, 4) is 0 Å². The molecule has 1 saturated carbocycles. The molecule has 0 aromatic heterocycles. The second-order valence-electron chi connectivity index (χ2n) is 11.5. The second-order valence-corrected chi connectivity index (χ2v) is 11.5. The lowest BCUT2D eigenvalue weighted by Crippen LogP contribution is -2.43. The van der Waals surface area contributed by atoms with Crippen molar-refractivity contribution in [2.45, 2.75) is 79.4 Å². The Labute approximate surface area is 234 Å². The maximum atomic E-state index is 13.1. The minimum atomic E-state index is -0.120. The average molecular weight is 548 g/mol. The van der Waals surface area contributed by atoms with Gasteiger partial charge in [0.15, 0.2) is 5.78 Å². The van der Waals surface area contributed by atoms with Gasteiger partial charge in [-0.05, 0) is 63.0 Å². The number of aryl methyl sites for hydroxylation is 2. The summed E-state index contributed by atoms with van der Waals surface area (Å²) in [6, 6.07) is 5.97. The van der Waals surface area contributed by atoms with Gasteiger partial charge in [-0.25, -0.2) is 0 Å². The average Bonchev–Trinajstić information content (AvgIpc) is 2.88. The highest BCUT2D eigenvalue weighted by Crippen LogP contribution is 2.32. The fraction of sp³-hybridized carbons (Fsp3) is 0.677. The number of ether oxygens (including phenoxy) is 4. The molecule has 0 heterocycles. The van der Waals surface area contributed by atoms with Crippen molar-refractivity contribution in [1.82, 2.24) is 5.32 Å². The molecule has 2 rings (SSSR count). The van der Waals surface area contributed by atoms with Crippen LogP contribution in [-0.4, -0.2) is 75.2 Å². The molecule has 1 fully saturated rings. The van der Waals surface area contributed by atoms with Gasteiger partial charge < -0.3 is 29.4 Å². The van der Waals surface area contributed by atoms with Gasteiger partial charge in [-0.2, -0.15) is 0 Å². The molecule has 0 radical (unpaired) electrons. The highest BCUT2D eigenvalue weighted by molar-refractivity contribution is 6.21. The zero-order valence-corrected chi connectivity index (χ0v) is 24.7. The van der Waals surface area contributed by atoms with Crippen molar-refractivity contribution < 1.29 is 33.6 Å². The lowest BCUT2D eigenvalue weighted by molar-refractivity contribution is -0.127. The first kappa shape index (κ1) is 32.9. The quantitative estimate of drug-likeness (QED) is 0.172. The number of nitrogens with one attached hydrogen (secondary N) is 1. The van der Waals surface area contributed by atoms with Gasteiger partial charge in [-0.15, -0.1) is 0 Å². The molecule has 1 aromatic carbocycles. The predicted octanol–water partition coefficient (Wildman–Crippen LogP) is 4.95. The van der Waals surface area contributed by atoms with E-state index in [0.717, 1.165) is 48.6 Å². The van der Waals surface area contributed by atoms with Crippen LogP contribution >= 0.6 is 0 Å². The van der Waals surface area contributed by atoms with Gasteiger partial charge in [0.05, 0.1) is 57.6 Å². The topological polar surface area (TPSA) is 103 Å². The van der Waals surface area contributed by atoms with E-state index in [9.17, 15) is 14.7 Å². The smallest absolute Gasteiger partial charge is 0.246 e. The summed E-state index contributed by atoms with van der Waals surface area (Å²) in [7, 11) is 0. The van der Waals surface area contributed by atoms with Crippen molar-refractivity contribution in [2.75, 3.05) is 46.2 Å². The highest BCUT2D eigenvalue weighted by atomic mass is 16.6. The molecule has 1 aliphatic rings. The van der Waals surface area contributed by atoms with Crippen LogP contribution in [0.2, 0.25) is 0 Å². The number of aliphatic hydroxyl groups excluding tert-OH is 1. The number of benzene rings is 1. The van der Waals surface area contributed by atoms with Crippen LogP contribution in [0.4, 0.5) is 0 Å². The molecule has 2 N–H and O–H groups in total. The molecule has 0 aliphatic heterocycles. The second kappa shape index (κ2) is 16.8. The minimum absolute atomic E-state index is 0.00804. The van der Waals surface area contributed by atoms with Gasteiger partial charge in [-0.3, -0.25) is 9.59 Å². The van der Waals surface area contributed by atoms with Crippen LogP contribution in [-0.2, 0) is 28.5 Å². The summed E-state index contributed by atoms with van der Waals surface area (Å²) < 4.78 is 22.4. The zero-order chi connectivity index (χ0) is 28.8. The maximum Gasteiger partial charge on any atom is 0.246 e. The summed E-state index contributed by atoms with van der Waals surface area (Å²) >= 11 is 0. The van der Waals surface area contributed by atoms with Gasteiger partial charge in [0.25, 0.3) is 0 Å². The van der Waals surface area contributed by atoms with Crippen LogP contribution in [0.3, 0.4) is 0 Å². The van der Waals surface area contributed by atoms with Crippen molar-refractivity contribution in [3.63, 3.8) is 0 Å². The number of rotatable bonds is 16. The lowest BCUT2D eigenvalue weighted by atomic mass is 9.80. The van der Waals surface area contributed by atoms with Gasteiger partial charge in [0, 0.05) is 12.0 Å². The van der Waals surface area contributed by atoms with Crippen LogP contribution < -0.4 is 5.32 Å². The molecule has 1 atom stereocenters. The Morgan fingerprint density at radius 1 is 0.974 bits per heavy atom. The Balaban J connectivity index is 1.50. The SMILES string of the molecule is Cc1ccc(C(=CO)C(=O)C2CCC(OCCOCCOCCOCC(=O)NC(C)C(C)(C)C)CC2)c(C)c1. The van der Waals surface area contributed by atoms with Crippen molar-refractivity contribution in [3.05, 3.63) is 41.2 Å². The van der Waals surface area contributed by atoms with E-state index in [4.69, 9.17) is 18.9 Å². The normalized spacial score (nSPS) is 19.1. The Bertz CT molecular complexity index is 929. The Hall–Kier alpha value is -2.26. The number of ketones is 1. The molecule has 0 bridgehead atoms. The van der Waals surface area contributed by atoms with E-state index < -0.39 is 0 Å². The molecule has 1 aromatic rings. The Kier molecular flexibility index (Phi) is 14.2. The predicted molar refractivity (Wildman–Crippen MR) is 153 cm³/mol. The number of hydrogen-bond donors (Lipinski definition) is 2. The molecule has 220 valence electrons. The molecular formula is C31H49NO7. The standard InChI is InChI=1S/C31H49NO7/c1-22-7-12-27(23(2)19-22)28(20-33)30(35)25-8-10-26(11-9-25)39-18-17-37-14-13-36-15-16-38-21-29(34)32-24(3)31(4,5)6/h7,12,19-20,24-26,33H,8-11,13-18,21H2,1-6H3,(H,32,34). The van der Waals surface area contributed by atoms with Crippen molar-refractivity contribution >= 4 is 17.3 Å². The summed E-state index contributed by atoms with van der Waals surface area (Å²) in [5, 5.41) is 12.7. The fourth-order valence-corrected chi connectivity index (χ4v) is 4.47. The number of carbonyl (C=O) groups is 2. The van der Waals surface area contributed by atoms with Gasteiger partial charge in [0.1, 0.15) is 6.61 Å². The molecular weight excluding hydrogens is 498 g/mol. The number of amides is 1. The van der Waals surface area contributed by atoms with Crippen LogP contribution in [0.15, 0.2) is 24.5 Å². The molecule has 8 heteroatoms. The van der Waals surface area contributed by atoms with E-state index in [-0.39, 0.29) is 41.8 Å². The van der Waals surface area contributed by atoms with E-state index in [1.54, 1.807) is 0 Å². The van der Waals surface area contributed by atoms with Crippen molar-refractivity contribution in [1.29, 1.82) is 0 Å². The van der Waals surface area contributed by atoms with Crippen LogP contribution in [0, 0.1) is 25.2 Å². The number of hydrogen-bond acceptors (Lipinski definition) is 7. The minimum Gasteiger partial charge on any atom is -0.515 e. The van der Waals surface area contributed by atoms with E-state index in [2.05, 4.69) is 26.1 Å². The van der Waals surface area contributed by atoms with Gasteiger partial charge in [-0.1, -0.05) is 44.5 Å². The Morgan fingerprint density at radius 2 is 1.56 bits per heavy atom. The third-order valence-electron chi connectivity index (χ3n) is 7.35. The number of Topliss-reactive ketones (excluding diaryl/α,β-unsaturated/α-hetero) is 1. The summed E-state index contributed by atoms with van der Waals surface area (Å²) in [6.45, 7) is 14.9. The number of allylic oxidation sites excluding steroid dienone is 1. The third kappa shape index (κ3) is 11.8. The zero-order valence-electron chi connectivity index (χ0n) is 24.7. The summed E-state index contributed by atoms with van der Waals surface area (Å²) in [5.74, 6) is -0.206. The molecule has 1 unspecified atom stereocenters.